The number of ether oxygens (including phenoxy) is 1. The van der Waals surface area contributed by atoms with Gasteiger partial charge in [-0.05, 0) is 44.0 Å². The van der Waals surface area contributed by atoms with Crippen LogP contribution in [0.15, 0.2) is 30.5 Å². The molecule has 0 radical (unpaired) electrons. The van der Waals surface area contributed by atoms with Gasteiger partial charge < -0.3 is 15.4 Å². The molecule has 6 nitrogen and oxygen atoms in total. The highest BCUT2D eigenvalue weighted by molar-refractivity contribution is 5.95. The first-order chi connectivity index (χ1) is 13.0. The molecule has 144 valence electrons. The van der Waals surface area contributed by atoms with Gasteiger partial charge in [0.15, 0.2) is 0 Å². The summed E-state index contributed by atoms with van der Waals surface area (Å²) in [6.07, 6.45) is 1.66. The van der Waals surface area contributed by atoms with E-state index in [4.69, 9.17) is 4.74 Å². The molecule has 1 aromatic heterocycles. The molecule has 0 bridgehead atoms. The first-order valence-corrected chi connectivity index (χ1v) is 9.42. The number of amides is 1. The summed E-state index contributed by atoms with van der Waals surface area (Å²) in [4.78, 5) is 19.1. The van der Waals surface area contributed by atoms with E-state index in [1.54, 1.807) is 18.3 Å². The smallest absolute Gasteiger partial charge is 0.251 e. The van der Waals surface area contributed by atoms with Crippen LogP contribution in [0.5, 0.6) is 0 Å². The Morgan fingerprint density at radius 1 is 1.15 bits per heavy atom. The number of morpholine rings is 1. The van der Waals surface area contributed by atoms with E-state index < -0.39 is 0 Å². The van der Waals surface area contributed by atoms with E-state index in [1.807, 2.05) is 0 Å². The van der Waals surface area contributed by atoms with Crippen molar-refractivity contribution in [2.24, 2.45) is 0 Å². The standard InChI is InChI=1S/C21H28N4O2/c1-15-12-16(2)20(17(3)13-15)24-19-14-18(4-5-22-19)21(26)23-6-7-25-8-10-27-11-9-25/h4-5,12-14H,6-11H2,1-3H3,(H,22,24)(H,23,26). The minimum absolute atomic E-state index is 0.0777. The number of hydrogen-bond acceptors (Lipinski definition) is 5. The molecular weight excluding hydrogens is 340 g/mol. The lowest BCUT2D eigenvalue weighted by Crippen LogP contribution is -2.41. The summed E-state index contributed by atoms with van der Waals surface area (Å²) in [5.41, 5.74) is 5.20. The van der Waals surface area contributed by atoms with Crippen molar-refractivity contribution in [3.8, 4) is 0 Å². The highest BCUT2D eigenvalue weighted by Gasteiger charge is 2.12. The predicted octanol–water partition coefficient (Wildman–Crippen LogP) is 2.81. The van der Waals surface area contributed by atoms with Gasteiger partial charge in [0.2, 0.25) is 0 Å². The topological polar surface area (TPSA) is 66.5 Å². The van der Waals surface area contributed by atoms with Gasteiger partial charge in [-0.2, -0.15) is 0 Å². The second-order valence-electron chi connectivity index (χ2n) is 7.04. The van der Waals surface area contributed by atoms with Crippen LogP contribution in [0.1, 0.15) is 27.0 Å². The fraction of sp³-hybridized carbons (Fsp3) is 0.429. The predicted molar refractivity (Wildman–Crippen MR) is 108 cm³/mol. The zero-order valence-corrected chi connectivity index (χ0v) is 16.3. The Balaban J connectivity index is 1.60. The molecule has 3 rings (SSSR count). The van der Waals surface area contributed by atoms with E-state index in [0.29, 0.717) is 17.9 Å². The fourth-order valence-corrected chi connectivity index (χ4v) is 3.40. The molecule has 1 fully saturated rings. The number of carbonyl (C=O) groups excluding carboxylic acids is 1. The second-order valence-corrected chi connectivity index (χ2v) is 7.04. The maximum atomic E-state index is 12.5. The van der Waals surface area contributed by atoms with E-state index in [0.717, 1.165) is 49.7 Å². The summed E-state index contributed by atoms with van der Waals surface area (Å²) in [7, 11) is 0. The van der Waals surface area contributed by atoms with Gasteiger partial charge in [-0.25, -0.2) is 4.98 Å². The lowest BCUT2D eigenvalue weighted by molar-refractivity contribution is 0.0383. The van der Waals surface area contributed by atoms with Crippen molar-refractivity contribution < 1.29 is 9.53 Å². The molecule has 1 amide bonds. The van der Waals surface area contributed by atoms with E-state index in [2.05, 4.69) is 53.4 Å². The average Bonchev–Trinajstić information content (AvgIpc) is 2.66. The van der Waals surface area contributed by atoms with Gasteiger partial charge in [0.25, 0.3) is 5.91 Å². The number of rotatable bonds is 6. The van der Waals surface area contributed by atoms with Crippen LogP contribution < -0.4 is 10.6 Å². The van der Waals surface area contributed by atoms with Crippen molar-refractivity contribution >= 4 is 17.4 Å². The van der Waals surface area contributed by atoms with E-state index in [9.17, 15) is 4.79 Å². The molecule has 0 aliphatic carbocycles. The van der Waals surface area contributed by atoms with Crippen molar-refractivity contribution in [3.05, 3.63) is 52.7 Å². The molecule has 0 spiro atoms. The van der Waals surface area contributed by atoms with Crippen molar-refractivity contribution in [2.75, 3.05) is 44.7 Å². The van der Waals surface area contributed by atoms with Crippen LogP contribution in [-0.4, -0.2) is 55.2 Å². The SMILES string of the molecule is Cc1cc(C)c(Nc2cc(C(=O)NCCN3CCOCC3)ccn2)c(C)c1. The number of anilines is 2. The highest BCUT2D eigenvalue weighted by atomic mass is 16.5. The summed E-state index contributed by atoms with van der Waals surface area (Å²) >= 11 is 0. The Kier molecular flexibility index (Phi) is 6.42. The summed E-state index contributed by atoms with van der Waals surface area (Å²) in [5.74, 6) is 0.594. The third kappa shape index (κ3) is 5.28. The molecule has 27 heavy (non-hydrogen) atoms. The third-order valence-corrected chi connectivity index (χ3v) is 4.77. The molecule has 0 saturated carbocycles. The molecule has 2 aromatic rings. The van der Waals surface area contributed by atoms with Crippen molar-refractivity contribution in [1.29, 1.82) is 0 Å². The summed E-state index contributed by atoms with van der Waals surface area (Å²) in [6.45, 7) is 11.1. The first-order valence-electron chi connectivity index (χ1n) is 9.42. The average molecular weight is 368 g/mol. The largest absolute Gasteiger partial charge is 0.379 e. The highest BCUT2D eigenvalue weighted by Crippen LogP contribution is 2.25. The molecule has 1 aliphatic rings. The number of nitrogens with zero attached hydrogens (tertiary/aromatic N) is 2. The lowest BCUT2D eigenvalue weighted by Gasteiger charge is -2.26. The number of aryl methyl sites for hydroxylation is 3. The van der Waals surface area contributed by atoms with Crippen LogP contribution in [-0.2, 0) is 4.74 Å². The Labute approximate surface area is 160 Å². The molecular formula is C21H28N4O2. The van der Waals surface area contributed by atoms with Gasteiger partial charge in [0, 0.05) is 43.6 Å². The molecule has 0 unspecified atom stereocenters. The van der Waals surface area contributed by atoms with Gasteiger partial charge in [0.05, 0.1) is 13.2 Å². The van der Waals surface area contributed by atoms with Crippen molar-refractivity contribution in [3.63, 3.8) is 0 Å². The second kappa shape index (κ2) is 8.97. The molecule has 0 atom stereocenters. The maximum absolute atomic E-state index is 12.5. The fourth-order valence-electron chi connectivity index (χ4n) is 3.40. The van der Waals surface area contributed by atoms with Crippen LogP contribution in [0.3, 0.4) is 0 Å². The van der Waals surface area contributed by atoms with Crippen LogP contribution >= 0.6 is 0 Å². The summed E-state index contributed by atoms with van der Waals surface area (Å²) in [6, 6.07) is 7.81. The Morgan fingerprint density at radius 3 is 2.56 bits per heavy atom. The van der Waals surface area contributed by atoms with Gasteiger partial charge in [-0.3, -0.25) is 9.69 Å². The molecule has 6 heteroatoms. The number of carbonyl (C=O) groups is 1. The lowest BCUT2D eigenvalue weighted by atomic mass is 10.1. The molecule has 2 heterocycles. The van der Waals surface area contributed by atoms with E-state index >= 15 is 0 Å². The number of nitrogens with one attached hydrogen (secondary N) is 2. The summed E-state index contributed by atoms with van der Waals surface area (Å²) < 4.78 is 5.34. The molecule has 1 aromatic carbocycles. The van der Waals surface area contributed by atoms with Crippen LogP contribution in [0.25, 0.3) is 0 Å². The third-order valence-electron chi connectivity index (χ3n) is 4.77. The maximum Gasteiger partial charge on any atom is 0.251 e. The van der Waals surface area contributed by atoms with Crippen LogP contribution in [0, 0.1) is 20.8 Å². The monoisotopic (exact) mass is 368 g/mol. The normalized spacial score (nSPS) is 14.8. The van der Waals surface area contributed by atoms with Gasteiger partial charge >= 0.3 is 0 Å². The van der Waals surface area contributed by atoms with Crippen LogP contribution in [0.2, 0.25) is 0 Å². The first kappa shape index (κ1) is 19.3. The minimum Gasteiger partial charge on any atom is -0.379 e. The van der Waals surface area contributed by atoms with E-state index in [1.165, 1.54) is 5.56 Å². The van der Waals surface area contributed by atoms with Crippen molar-refractivity contribution in [2.45, 2.75) is 20.8 Å². The number of pyridine rings is 1. The quantitative estimate of drug-likeness (QED) is 0.821. The minimum atomic E-state index is -0.0777. The number of hydrogen-bond donors (Lipinski definition) is 2. The Bertz CT molecular complexity index is 778. The number of benzene rings is 1. The molecule has 1 saturated heterocycles. The zero-order valence-electron chi connectivity index (χ0n) is 16.3. The molecule has 1 aliphatic heterocycles. The molecule has 2 N–H and O–H groups in total. The van der Waals surface area contributed by atoms with Crippen molar-refractivity contribution in [1.82, 2.24) is 15.2 Å². The van der Waals surface area contributed by atoms with Crippen LogP contribution in [0.4, 0.5) is 11.5 Å². The van der Waals surface area contributed by atoms with Gasteiger partial charge in [0.1, 0.15) is 5.82 Å². The van der Waals surface area contributed by atoms with E-state index in [-0.39, 0.29) is 5.91 Å². The number of aromatic nitrogens is 1. The Morgan fingerprint density at radius 2 is 1.85 bits per heavy atom. The summed E-state index contributed by atoms with van der Waals surface area (Å²) in [5, 5.41) is 6.35. The zero-order chi connectivity index (χ0) is 19.2. The van der Waals surface area contributed by atoms with Gasteiger partial charge in [-0.1, -0.05) is 17.7 Å². The van der Waals surface area contributed by atoms with Gasteiger partial charge in [-0.15, -0.1) is 0 Å². The Hall–Kier alpha value is -2.44.